The third kappa shape index (κ3) is 4.65. The van der Waals surface area contributed by atoms with Crippen LogP contribution in [-0.2, 0) is 0 Å². The van der Waals surface area contributed by atoms with Gasteiger partial charge in [-0.2, -0.15) is 0 Å². The molecule has 0 radical (unpaired) electrons. The van der Waals surface area contributed by atoms with Crippen LogP contribution in [-0.4, -0.2) is 18.3 Å². The first-order valence-electron chi connectivity index (χ1n) is 6.15. The van der Waals surface area contributed by atoms with Crippen LogP contribution in [0.1, 0.15) is 35.7 Å². The van der Waals surface area contributed by atoms with E-state index in [-0.39, 0.29) is 11.7 Å². The molecule has 1 unspecified atom stereocenters. The first-order valence-corrected chi connectivity index (χ1v) is 6.68. The molecule has 0 saturated carbocycles. The fraction of sp³-hybridized carbons (Fsp3) is 0.500. The molecule has 100 valence electrons. The van der Waals surface area contributed by atoms with E-state index >= 15 is 0 Å². The number of halogens is 2. The summed E-state index contributed by atoms with van der Waals surface area (Å²) in [5.74, 6) is 0.489. The van der Waals surface area contributed by atoms with Crippen LogP contribution in [0.5, 0.6) is 0 Å². The van der Waals surface area contributed by atoms with E-state index in [1.807, 2.05) is 0 Å². The highest BCUT2D eigenvalue weighted by Crippen LogP contribution is 2.10. The molecular formula is C14H19ClFNO. The molecule has 1 aromatic carbocycles. The van der Waals surface area contributed by atoms with Crippen LogP contribution in [0, 0.1) is 18.7 Å². The zero-order chi connectivity index (χ0) is 13.5. The molecule has 1 atom stereocenters. The fourth-order valence-corrected chi connectivity index (χ4v) is 1.82. The van der Waals surface area contributed by atoms with E-state index in [0.717, 1.165) is 18.4 Å². The molecule has 0 aliphatic rings. The number of hydrogen-bond acceptors (Lipinski definition) is 1. The molecule has 18 heavy (non-hydrogen) atoms. The highest BCUT2D eigenvalue weighted by atomic mass is 35.5. The van der Waals surface area contributed by atoms with Gasteiger partial charge >= 0.3 is 0 Å². The van der Waals surface area contributed by atoms with E-state index in [4.69, 9.17) is 11.6 Å². The topological polar surface area (TPSA) is 29.1 Å². The molecule has 1 aromatic rings. The SMILES string of the molecule is Cc1ccc(F)cc1C(=O)NCCCC(C)CCl. The maximum atomic E-state index is 13.1. The second-order valence-corrected chi connectivity index (χ2v) is 4.93. The van der Waals surface area contributed by atoms with Gasteiger partial charge in [0.1, 0.15) is 5.82 Å². The molecule has 0 bridgehead atoms. The van der Waals surface area contributed by atoms with Crippen molar-refractivity contribution in [2.45, 2.75) is 26.7 Å². The normalized spacial score (nSPS) is 12.2. The van der Waals surface area contributed by atoms with Crippen molar-refractivity contribution < 1.29 is 9.18 Å². The number of rotatable bonds is 6. The van der Waals surface area contributed by atoms with Crippen molar-refractivity contribution in [3.05, 3.63) is 35.1 Å². The molecular weight excluding hydrogens is 253 g/mol. The third-order valence-electron chi connectivity index (χ3n) is 2.87. The number of aryl methyl sites for hydroxylation is 1. The van der Waals surface area contributed by atoms with Gasteiger partial charge in [-0.15, -0.1) is 11.6 Å². The van der Waals surface area contributed by atoms with Gasteiger partial charge in [-0.25, -0.2) is 4.39 Å². The highest BCUT2D eigenvalue weighted by Gasteiger charge is 2.09. The summed E-state index contributed by atoms with van der Waals surface area (Å²) >= 11 is 5.70. The lowest BCUT2D eigenvalue weighted by atomic mass is 10.1. The summed E-state index contributed by atoms with van der Waals surface area (Å²) in [6, 6.07) is 4.24. The molecule has 0 aliphatic carbocycles. The maximum absolute atomic E-state index is 13.1. The number of carbonyl (C=O) groups excluding carboxylic acids is 1. The van der Waals surface area contributed by atoms with Crippen LogP contribution in [0.2, 0.25) is 0 Å². The van der Waals surface area contributed by atoms with Crippen LogP contribution in [0.25, 0.3) is 0 Å². The van der Waals surface area contributed by atoms with Gasteiger partial charge in [0.05, 0.1) is 0 Å². The van der Waals surface area contributed by atoms with E-state index < -0.39 is 0 Å². The number of alkyl halides is 1. The Morgan fingerprint density at radius 1 is 1.50 bits per heavy atom. The van der Waals surface area contributed by atoms with Gasteiger partial charge in [-0.3, -0.25) is 4.79 Å². The van der Waals surface area contributed by atoms with Crippen molar-refractivity contribution in [1.29, 1.82) is 0 Å². The van der Waals surface area contributed by atoms with Crippen molar-refractivity contribution in [3.8, 4) is 0 Å². The Hall–Kier alpha value is -1.09. The molecule has 2 nitrogen and oxygen atoms in total. The molecule has 1 amide bonds. The summed E-state index contributed by atoms with van der Waals surface area (Å²) in [5, 5.41) is 2.80. The van der Waals surface area contributed by atoms with Crippen molar-refractivity contribution in [2.24, 2.45) is 5.92 Å². The highest BCUT2D eigenvalue weighted by molar-refractivity contribution is 6.18. The maximum Gasteiger partial charge on any atom is 0.251 e. The number of benzene rings is 1. The minimum absolute atomic E-state index is 0.217. The zero-order valence-corrected chi connectivity index (χ0v) is 11.6. The average Bonchev–Trinajstić information content (AvgIpc) is 2.36. The monoisotopic (exact) mass is 271 g/mol. The predicted molar refractivity (Wildman–Crippen MR) is 72.6 cm³/mol. The van der Waals surface area contributed by atoms with Crippen molar-refractivity contribution in [3.63, 3.8) is 0 Å². The van der Waals surface area contributed by atoms with Gasteiger partial charge in [-0.1, -0.05) is 13.0 Å². The smallest absolute Gasteiger partial charge is 0.251 e. The lowest BCUT2D eigenvalue weighted by molar-refractivity contribution is 0.0951. The molecule has 0 spiro atoms. The lowest BCUT2D eigenvalue weighted by Crippen LogP contribution is -2.25. The Labute approximate surface area is 113 Å². The summed E-state index contributed by atoms with van der Waals surface area (Å²) in [4.78, 5) is 11.8. The summed E-state index contributed by atoms with van der Waals surface area (Å²) in [6.07, 6.45) is 1.86. The van der Waals surface area contributed by atoms with Crippen molar-refractivity contribution >= 4 is 17.5 Å². The first kappa shape index (κ1) is 15.0. The largest absolute Gasteiger partial charge is 0.352 e. The second-order valence-electron chi connectivity index (χ2n) is 4.62. The molecule has 1 N–H and O–H groups in total. The van der Waals surface area contributed by atoms with E-state index in [1.54, 1.807) is 13.0 Å². The number of hydrogen-bond donors (Lipinski definition) is 1. The number of nitrogens with one attached hydrogen (secondary N) is 1. The number of carbonyl (C=O) groups is 1. The molecule has 0 heterocycles. The Morgan fingerprint density at radius 2 is 2.22 bits per heavy atom. The van der Waals surface area contributed by atoms with Gasteiger partial charge in [0.25, 0.3) is 5.91 Å². The first-order chi connectivity index (χ1) is 8.54. The van der Waals surface area contributed by atoms with Gasteiger partial charge in [0, 0.05) is 18.0 Å². The van der Waals surface area contributed by atoms with E-state index in [0.29, 0.717) is 23.9 Å². The Bertz CT molecular complexity index is 409. The van der Waals surface area contributed by atoms with E-state index in [1.165, 1.54) is 12.1 Å². The van der Waals surface area contributed by atoms with Gasteiger partial charge in [-0.05, 0) is 43.4 Å². The van der Waals surface area contributed by atoms with Crippen molar-refractivity contribution in [2.75, 3.05) is 12.4 Å². The molecule has 4 heteroatoms. The summed E-state index contributed by atoms with van der Waals surface area (Å²) in [7, 11) is 0. The van der Waals surface area contributed by atoms with Gasteiger partial charge in [0.15, 0.2) is 0 Å². The molecule has 0 aromatic heterocycles. The van der Waals surface area contributed by atoms with Gasteiger partial charge < -0.3 is 5.32 Å². The fourth-order valence-electron chi connectivity index (χ4n) is 1.66. The van der Waals surface area contributed by atoms with Crippen LogP contribution in [0.15, 0.2) is 18.2 Å². The number of amides is 1. The van der Waals surface area contributed by atoms with Crippen LogP contribution >= 0.6 is 11.6 Å². The summed E-state index contributed by atoms with van der Waals surface area (Å²) in [6.45, 7) is 4.46. The van der Waals surface area contributed by atoms with E-state index in [9.17, 15) is 9.18 Å². The predicted octanol–water partition coefficient (Wildman–Crippen LogP) is 3.52. The Balaban J connectivity index is 2.43. The summed E-state index contributed by atoms with van der Waals surface area (Å²) < 4.78 is 13.1. The summed E-state index contributed by atoms with van der Waals surface area (Å²) in [5.41, 5.74) is 1.18. The Morgan fingerprint density at radius 3 is 2.89 bits per heavy atom. The van der Waals surface area contributed by atoms with Gasteiger partial charge in [0.2, 0.25) is 0 Å². The zero-order valence-electron chi connectivity index (χ0n) is 10.8. The molecule has 0 saturated heterocycles. The second kappa shape index (κ2) is 7.37. The molecule has 0 fully saturated rings. The minimum atomic E-state index is -0.387. The lowest BCUT2D eigenvalue weighted by Gasteiger charge is -2.09. The average molecular weight is 272 g/mol. The van der Waals surface area contributed by atoms with Crippen LogP contribution < -0.4 is 5.32 Å². The third-order valence-corrected chi connectivity index (χ3v) is 3.39. The minimum Gasteiger partial charge on any atom is -0.352 e. The van der Waals surface area contributed by atoms with Crippen LogP contribution in [0.4, 0.5) is 4.39 Å². The van der Waals surface area contributed by atoms with E-state index in [2.05, 4.69) is 12.2 Å². The molecule has 1 rings (SSSR count). The van der Waals surface area contributed by atoms with Crippen LogP contribution in [0.3, 0.4) is 0 Å². The molecule has 0 aliphatic heterocycles. The quantitative estimate of drug-likeness (QED) is 0.622. The Kier molecular flexibility index (Phi) is 6.13. The van der Waals surface area contributed by atoms with Crippen molar-refractivity contribution in [1.82, 2.24) is 5.32 Å². The standard InChI is InChI=1S/C14H19ClFNO/c1-10(9-15)4-3-7-17-14(18)13-8-12(16)6-5-11(13)2/h5-6,8,10H,3-4,7,9H2,1-2H3,(H,17,18).